The van der Waals surface area contributed by atoms with Gasteiger partial charge in [-0.15, -0.1) is 5.10 Å². The van der Waals surface area contributed by atoms with Gasteiger partial charge in [-0.05, 0) is 24.0 Å². The molecule has 0 amide bonds. The van der Waals surface area contributed by atoms with Crippen molar-refractivity contribution in [3.8, 4) is 0 Å². The summed E-state index contributed by atoms with van der Waals surface area (Å²) in [5.74, 6) is -0.146. The van der Waals surface area contributed by atoms with Crippen molar-refractivity contribution in [3.05, 3.63) is 46.4 Å². The summed E-state index contributed by atoms with van der Waals surface area (Å²) in [6, 6.07) is 5.40. The molecule has 0 radical (unpaired) electrons. The summed E-state index contributed by atoms with van der Waals surface area (Å²) in [7, 11) is 0. The molecule has 2 N–H and O–H groups in total. The minimum atomic E-state index is -0.513. The monoisotopic (exact) mass is 233 g/mol. The van der Waals surface area contributed by atoms with Gasteiger partial charge in [-0.25, -0.2) is 0 Å². The van der Waals surface area contributed by atoms with Crippen molar-refractivity contribution in [2.24, 2.45) is 0 Å². The van der Waals surface area contributed by atoms with E-state index in [4.69, 9.17) is 0 Å². The van der Waals surface area contributed by atoms with Gasteiger partial charge < -0.3 is 15.4 Å². The first-order valence-electron chi connectivity index (χ1n) is 5.03. The van der Waals surface area contributed by atoms with E-state index in [2.05, 4.69) is 20.5 Å². The zero-order valence-electron chi connectivity index (χ0n) is 9.12. The molecule has 0 bridgehead atoms. The third kappa shape index (κ3) is 2.39. The van der Waals surface area contributed by atoms with Crippen LogP contribution in [0.3, 0.4) is 0 Å². The summed E-state index contributed by atoms with van der Waals surface area (Å²) in [6.45, 7) is 1.87. The third-order valence-electron chi connectivity index (χ3n) is 2.31. The van der Waals surface area contributed by atoms with Crippen molar-refractivity contribution in [1.29, 1.82) is 0 Å². The van der Waals surface area contributed by atoms with E-state index in [0.717, 1.165) is 5.69 Å². The van der Waals surface area contributed by atoms with Gasteiger partial charge in [0.1, 0.15) is 6.20 Å². The summed E-state index contributed by atoms with van der Waals surface area (Å²) in [6.07, 6.45) is 3.06. The molecule has 0 aliphatic heterocycles. The first kappa shape index (κ1) is 11.1. The Kier molecular flexibility index (Phi) is 2.99. The number of aromatic nitrogens is 3. The summed E-state index contributed by atoms with van der Waals surface area (Å²) >= 11 is 0. The molecule has 7 nitrogen and oxygen atoms in total. The molecule has 0 aliphatic rings. The van der Waals surface area contributed by atoms with E-state index in [-0.39, 0.29) is 11.9 Å². The van der Waals surface area contributed by atoms with Crippen LogP contribution >= 0.6 is 0 Å². The van der Waals surface area contributed by atoms with Gasteiger partial charge in [0.2, 0.25) is 0 Å². The largest absolute Gasteiger partial charge is 0.369 e. The highest BCUT2D eigenvalue weighted by molar-refractivity contribution is 5.56. The lowest BCUT2D eigenvalue weighted by molar-refractivity contribution is -0.388. The molecule has 1 unspecified atom stereocenters. The van der Waals surface area contributed by atoms with E-state index in [1.807, 2.05) is 25.1 Å². The van der Waals surface area contributed by atoms with Gasteiger partial charge >= 0.3 is 5.82 Å². The van der Waals surface area contributed by atoms with E-state index in [1.54, 1.807) is 6.20 Å². The maximum atomic E-state index is 10.7. The summed E-state index contributed by atoms with van der Waals surface area (Å²) in [5.41, 5.74) is 1.16. The van der Waals surface area contributed by atoms with Crippen LogP contribution < -0.4 is 5.32 Å². The molecule has 7 heteroatoms. The highest BCUT2D eigenvalue weighted by Gasteiger charge is 2.17. The molecule has 0 aromatic carbocycles. The van der Waals surface area contributed by atoms with E-state index in [9.17, 15) is 10.1 Å². The van der Waals surface area contributed by atoms with Gasteiger partial charge in [0, 0.05) is 6.20 Å². The molecule has 0 fully saturated rings. The zero-order valence-corrected chi connectivity index (χ0v) is 9.12. The second-order valence-corrected chi connectivity index (χ2v) is 3.51. The van der Waals surface area contributed by atoms with Gasteiger partial charge in [-0.3, -0.25) is 4.98 Å². The van der Waals surface area contributed by atoms with Gasteiger partial charge in [-0.1, -0.05) is 11.2 Å². The molecule has 88 valence electrons. The maximum Gasteiger partial charge on any atom is 0.366 e. The number of anilines is 1. The van der Waals surface area contributed by atoms with Crippen molar-refractivity contribution in [1.82, 2.24) is 15.2 Å². The smallest absolute Gasteiger partial charge is 0.366 e. The third-order valence-corrected chi connectivity index (χ3v) is 2.31. The molecule has 0 aliphatic carbocycles. The van der Waals surface area contributed by atoms with E-state index in [1.165, 1.54) is 6.20 Å². The molecule has 2 aromatic rings. The van der Waals surface area contributed by atoms with Crippen LogP contribution in [0.25, 0.3) is 0 Å². The topological polar surface area (TPSA) is 96.7 Å². The first-order chi connectivity index (χ1) is 8.18. The molecule has 2 rings (SSSR count). The van der Waals surface area contributed by atoms with Crippen LogP contribution in [0.15, 0.2) is 30.6 Å². The normalized spacial score (nSPS) is 12.1. The van der Waals surface area contributed by atoms with Crippen molar-refractivity contribution >= 4 is 11.5 Å². The molecular formula is C10H11N5O2. The fraction of sp³-hybridized carbons (Fsp3) is 0.200. The average molecular weight is 233 g/mol. The average Bonchev–Trinajstić information content (AvgIpc) is 2.78. The molecule has 1 atom stereocenters. The van der Waals surface area contributed by atoms with Gasteiger partial charge in [0.15, 0.2) is 5.69 Å². The summed E-state index contributed by atoms with van der Waals surface area (Å²) in [4.78, 5) is 14.3. The number of nitrogens with one attached hydrogen (secondary N) is 2. The Morgan fingerprint density at radius 1 is 1.53 bits per heavy atom. The van der Waals surface area contributed by atoms with Crippen LogP contribution in [0.2, 0.25) is 0 Å². The van der Waals surface area contributed by atoms with Crippen LogP contribution in [0, 0.1) is 10.1 Å². The fourth-order valence-electron chi connectivity index (χ4n) is 1.46. The van der Waals surface area contributed by atoms with Crippen LogP contribution in [-0.2, 0) is 0 Å². The Labute approximate surface area is 97.0 Å². The number of aromatic amines is 1. The highest BCUT2D eigenvalue weighted by atomic mass is 16.6. The zero-order chi connectivity index (χ0) is 12.3. The van der Waals surface area contributed by atoms with Gasteiger partial charge in [-0.2, -0.15) is 0 Å². The minimum absolute atomic E-state index is 0.132. The number of nitro groups is 1. The Hall–Kier alpha value is -2.44. The summed E-state index contributed by atoms with van der Waals surface area (Å²) in [5, 5.41) is 19.6. The quantitative estimate of drug-likeness (QED) is 0.620. The molecule has 0 saturated carbocycles. The lowest BCUT2D eigenvalue weighted by Gasteiger charge is -2.12. The Bertz CT molecular complexity index is 510. The predicted octanol–water partition coefficient (Wildman–Crippen LogP) is 1.89. The standard InChI is InChI=1S/C10H11N5O2/c1-7(8-4-2-3-5-11-8)13-9-6-12-14-10(9)15(16)17/h2-7,13H,1H3,(H,12,14). The van der Waals surface area contributed by atoms with Crippen LogP contribution in [0.1, 0.15) is 18.7 Å². The van der Waals surface area contributed by atoms with E-state index >= 15 is 0 Å². The van der Waals surface area contributed by atoms with Crippen molar-refractivity contribution in [2.45, 2.75) is 13.0 Å². The Morgan fingerprint density at radius 3 is 3.00 bits per heavy atom. The van der Waals surface area contributed by atoms with Crippen LogP contribution in [0.5, 0.6) is 0 Å². The van der Waals surface area contributed by atoms with Crippen LogP contribution in [0.4, 0.5) is 11.5 Å². The summed E-state index contributed by atoms with van der Waals surface area (Å²) < 4.78 is 0. The first-order valence-corrected chi connectivity index (χ1v) is 5.03. The second kappa shape index (κ2) is 4.60. The SMILES string of the molecule is CC(Nc1cn[nH]c1[N+](=O)[O-])c1ccccn1. The van der Waals surface area contributed by atoms with E-state index in [0.29, 0.717) is 5.69 Å². The molecule has 17 heavy (non-hydrogen) atoms. The number of hydrogen-bond donors (Lipinski definition) is 2. The highest BCUT2D eigenvalue weighted by Crippen LogP contribution is 2.24. The molecular weight excluding hydrogens is 222 g/mol. The number of pyridine rings is 1. The lowest BCUT2D eigenvalue weighted by Crippen LogP contribution is -2.08. The number of hydrogen-bond acceptors (Lipinski definition) is 5. The van der Waals surface area contributed by atoms with Crippen molar-refractivity contribution in [2.75, 3.05) is 5.32 Å². The molecule has 2 aromatic heterocycles. The van der Waals surface area contributed by atoms with E-state index < -0.39 is 4.92 Å². The second-order valence-electron chi connectivity index (χ2n) is 3.51. The Balaban J connectivity index is 2.16. The number of rotatable bonds is 4. The van der Waals surface area contributed by atoms with Gasteiger partial charge in [0.25, 0.3) is 0 Å². The number of nitrogens with zero attached hydrogens (tertiary/aromatic N) is 3. The predicted molar refractivity (Wildman–Crippen MR) is 61.5 cm³/mol. The van der Waals surface area contributed by atoms with Crippen LogP contribution in [-0.4, -0.2) is 20.1 Å². The van der Waals surface area contributed by atoms with Crippen molar-refractivity contribution < 1.29 is 4.92 Å². The molecule has 2 heterocycles. The fourth-order valence-corrected chi connectivity index (χ4v) is 1.46. The maximum absolute atomic E-state index is 10.7. The molecule has 0 spiro atoms. The number of H-pyrrole nitrogens is 1. The molecule has 0 saturated heterocycles. The minimum Gasteiger partial charge on any atom is -0.369 e. The Morgan fingerprint density at radius 2 is 2.35 bits per heavy atom. The lowest BCUT2D eigenvalue weighted by atomic mass is 10.2. The van der Waals surface area contributed by atoms with Crippen molar-refractivity contribution in [3.63, 3.8) is 0 Å². The van der Waals surface area contributed by atoms with Gasteiger partial charge in [0.05, 0.1) is 11.7 Å².